The highest BCUT2D eigenvalue weighted by Gasteiger charge is 2.09. The molecule has 0 aliphatic heterocycles. The summed E-state index contributed by atoms with van der Waals surface area (Å²) in [6.45, 7) is 6.88. The lowest BCUT2D eigenvalue weighted by atomic mass is 10.0. The number of rotatable bonds is 4. The number of hydrogen-bond donors (Lipinski definition) is 0. The monoisotopic (exact) mass is 325 g/mol. The number of ether oxygens (including phenoxy) is 1. The van der Waals surface area contributed by atoms with Crippen LogP contribution < -0.4 is 4.74 Å². The Hall–Kier alpha value is -0.870. The molecule has 4 heteroatoms. The van der Waals surface area contributed by atoms with Crippen molar-refractivity contribution in [2.45, 2.75) is 33.3 Å². The average Bonchev–Trinajstić information content (AvgIpc) is 2.73. The van der Waals surface area contributed by atoms with E-state index in [1.54, 1.807) is 11.3 Å². The summed E-state index contributed by atoms with van der Waals surface area (Å²) < 4.78 is 6.97. The Morgan fingerprint density at radius 3 is 2.78 bits per heavy atom. The predicted molar refractivity (Wildman–Crippen MR) is 79.4 cm³/mol. The van der Waals surface area contributed by atoms with Crippen molar-refractivity contribution in [1.29, 1.82) is 0 Å². The van der Waals surface area contributed by atoms with E-state index in [4.69, 9.17) is 4.74 Å². The first-order valence-corrected chi connectivity index (χ1v) is 7.57. The van der Waals surface area contributed by atoms with Crippen molar-refractivity contribution in [3.05, 3.63) is 44.3 Å². The molecule has 0 fully saturated rings. The molecular formula is C14H16BrNOS. The second-order valence-corrected chi connectivity index (χ2v) is 6.37. The maximum atomic E-state index is 5.88. The van der Waals surface area contributed by atoms with Crippen LogP contribution in [0.25, 0.3) is 0 Å². The first-order valence-electron chi connectivity index (χ1n) is 5.89. The third-order valence-corrected chi connectivity index (χ3v) is 4.04. The fourth-order valence-corrected chi connectivity index (χ4v) is 2.77. The van der Waals surface area contributed by atoms with Crippen LogP contribution in [0.3, 0.4) is 0 Å². The van der Waals surface area contributed by atoms with Gasteiger partial charge < -0.3 is 4.74 Å². The highest BCUT2D eigenvalue weighted by atomic mass is 79.9. The molecule has 1 heterocycles. The Labute approximate surface area is 120 Å². The maximum absolute atomic E-state index is 5.88. The molecule has 2 aromatic rings. The normalized spacial score (nSPS) is 10.9. The molecule has 1 aromatic carbocycles. The van der Waals surface area contributed by atoms with Gasteiger partial charge in [0.05, 0.1) is 0 Å². The van der Waals surface area contributed by atoms with Gasteiger partial charge in [0.25, 0.3) is 0 Å². The van der Waals surface area contributed by atoms with Crippen molar-refractivity contribution in [3.8, 4) is 5.75 Å². The number of halogens is 1. The molecule has 18 heavy (non-hydrogen) atoms. The fourth-order valence-electron chi connectivity index (χ4n) is 1.71. The Kier molecular flexibility index (Phi) is 4.40. The van der Waals surface area contributed by atoms with Gasteiger partial charge >= 0.3 is 0 Å². The van der Waals surface area contributed by atoms with E-state index < -0.39 is 0 Å². The summed E-state index contributed by atoms with van der Waals surface area (Å²) in [7, 11) is 0. The summed E-state index contributed by atoms with van der Waals surface area (Å²) >= 11 is 5.14. The largest absolute Gasteiger partial charge is 0.486 e. The first-order chi connectivity index (χ1) is 8.56. The lowest BCUT2D eigenvalue weighted by molar-refractivity contribution is 0.301. The van der Waals surface area contributed by atoms with Gasteiger partial charge in [-0.3, -0.25) is 0 Å². The molecule has 0 amide bonds. The molecule has 1 aromatic heterocycles. The molecule has 0 radical (unpaired) electrons. The molecule has 0 saturated carbocycles. The summed E-state index contributed by atoms with van der Waals surface area (Å²) in [5.41, 5.74) is 2.27. The van der Waals surface area contributed by atoms with Crippen molar-refractivity contribution in [3.63, 3.8) is 0 Å². The lowest BCUT2D eigenvalue weighted by Crippen LogP contribution is -1.99. The minimum atomic E-state index is 0.440. The third-order valence-electron chi connectivity index (χ3n) is 2.61. The second-order valence-electron chi connectivity index (χ2n) is 4.51. The molecule has 0 unspecified atom stereocenters. The molecule has 2 rings (SSSR count). The minimum Gasteiger partial charge on any atom is -0.486 e. The van der Waals surface area contributed by atoms with Crippen LogP contribution in [0.15, 0.2) is 28.1 Å². The Bertz CT molecular complexity index is 536. The van der Waals surface area contributed by atoms with Crippen molar-refractivity contribution >= 4 is 27.3 Å². The molecule has 0 bridgehead atoms. The number of benzene rings is 1. The predicted octanol–water partition coefficient (Wildman–Crippen LogP) is 4.92. The van der Waals surface area contributed by atoms with E-state index in [0.29, 0.717) is 12.5 Å². The number of thiazole rings is 1. The summed E-state index contributed by atoms with van der Waals surface area (Å²) in [5.74, 6) is 1.39. The van der Waals surface area contributed by atoms with E-state index in [1.807, 2.05) is 24.4 Å². The smallest absolute Gasteiger partial charge is 0.140 e. The molecule has 0 aliphatic carbocycles. The van der Waals surface area contributed by atoms with Crippen LogP contribution in [-0.4, -0.2) is 4.98 Å². The summed E-state index contributed by atoms with van der Waals surface area (Å²) in [6, 6.07) is 6.14. The summed E-state index contributed by atoms with van der Waals surface area (Å²) in [4.78, 5) is 4.40. The molecule has 0 saturated heterocycles. The quantitative estimate of drug-likeness (QED) is 0.796. The highest BCUT2D eigenvalue weighted by molar-refractivity contribution is 9.10. The zero-order chi connectivity index (χ0) is 13.1. The molecule has 0 aliphatic rings. The van der Waals surface area contributed by atoms with E-state index >= 15 is 0 Å². The maximum Gasteiger partial charge on any atom is 0.140 e. The molecule has 0 N–H and O–H groups in total. The van der Waals surface area contributed by atoms with Crippen molar-refractivity contribution in [2.75, 3.05) is 0 Å². The second kappa shape index (κ2) is 5.85. The van der Waals surface area contributed by atoms with Gasteiger partial charge in [0.15, 0.2) is 0 Å². The number of hydrogen-bond acceptors (Lipinski definition) is 3. The third kappa shape index (κ3) is 3.33. The Morgan fingerprint density at radius 2 is 2.17 bits per heavy atom. The van der Waals surface area contributed by atoms with Gasteiger partial charge in [0.1, 0.15) is 17.4 Å². The zero-order valence-electron chi connectivity index (χ0n) is 10.7. The van der Waals surface area contributed by atoms with Crippen molar-refractivity contribution < 1.29 is 4.74 Å². The topological polar surface area (TPSA) is 22.1 Å². The van der Waals surface area contributed by atoms with Gasteiger partial charge in [-0.25, -0.2) is 4.98 Å². The van der Waals surface area contributed by atoms with Gasteiger partial charge in [0, 0.05) is 15.5 Å². The van der Waals surface area contributed by atoms with Crippen LogP contribution in [0.1, 0.15) is 36.0 Å². The van der Waals surface area contributed by atoms with Gasteiger partial charge in [-0.05, 0) is 36.6 Å². The zero-order valence-corrected chi connectivity index (χ0v) is 13.1. The Balaban J connectivity index is 2.13. The van der Waals surface area contributed by atoms with Gasteiger partial charge in [-0.2, -0.15) is 0 Å². The van der Waals surface area contributed by atoms with E-state index in [2.05, 4.69) is 40.8 Å². The molecule has 0 spiro atoms. The van der Waals surface area contributed by atoms with Crippen LogP contribution in [0.2, 0.25) is 0 Å². The molecule has 0 atom stereocenters. The summed E-state index contributed by atoms with van der Waals surface area (Å²) in [6.07, 6.45) is 0. The van der Waals surface area contributed by atoms with Crippen LogP contribution in [0, 0.1) is 6.92 Å². The van der Waals surface area contributed by atoms with Crippen LogP contribution in [0.5, 0.6) is 5.75 Å². The number of nitrogens with zero attached hydrogens (tertiary/aromatic N) is 1. The van der Waals surface area contributed by atoms with E-state index in [1.165, 1.54) is 5.56 Å². The Morgan fingerprint density at radius 1 is 1.39 bits per heavy atom. The molecular weight excluding hydrogens is 310 g/mol. The standard InChI is InChI=1S/C14H16BrNOS/c1-9(2)12-6-11(15)4-5-13(12)17-7-14-16-10(3)8-18-14/h4-6,8-9H,7H2,1-3H3. The molecule has 96 valence electrons. The highest BCUT2D eigenvalue weighted by Crippen LogP contribution is 2.30. The number of aromatic nitrogens is 1. The van der Waals surface area contributed by atoms with Crippen molar-refractivity contribution in [2.24, 2.45) is 0 Å². The first kappa shape index (κ1) is 13.6. The van der Waals surface area contributed by atoms with Crippen LogP contribution in [0.4, 0.5) is 0 Å². The van der Waals surface area contributed by atoms with Gasteiger partial charge in [-0.15, -0.1) is 11.3 Å². The van der Waals surface area contributed by atoms with Gasteiger partial charge in [-0.1, -0.05) is 29.8 Å². The van der Waals surface area contributed by atoms with Crippen molar-refractivity contribution in [1.82, 2.24) is 4.98 Å². The van der Waals surface area contributed by atoms with E-state index in [0.717, 1.165) is 20.9 Å². The molecule has 2 nitrogen and oxygen atoms in total. The minimum absolute atomic E-state index is 0.440. The fraction of sp³-hybridized carbons (Fsp3) is 0.357. The summed E-state index contributed by atoms with van der Waals surface area (Å²) in [5, 5.41) is 3.06. The van der Waals surface area contributed by atoms with Gasteiger partial charge in [0.2, 0.25) is 0 Å². The van der Waals surface area contributed by atoms with E-state index in [9.17, 15) is 0 Å². The van der Waals surface area contributed by atoms with Crippen LogP contribution >= 0.6 is 27.3 Å². The average molecular weight is 326 g/mol. The van der Waals surface area contributed by atoms with E-state index in [-0.39, 0.29) is 0 Å². The lowest BCUT2D eigenvalue weighted by Gasteiger charge is -2.13. The SMILES string of the molecule is Cc1csc(COc2ccc(Br)cc2C(C)C)n1. The number of aryl methyl sites for hydroxylation is 1. The van der Waals surface area contributed by atoms with Crippen LogP contribution in [-0.2, 0) is 6.61 Å².